The molecule has 1 aromatic heterocycles. The van der Waals surface area contributed by atoms with Crippen LogP contribution in [0.2, 0.25) is 0 Å². The summed E-state index contributed by atoms with van der Waals surface area (Å²) in [6, 6.07) is 24.6. The normalized spacial score (nSPS) is 15.6. The predicted octanol–water partition coefficient (Wildman–Crippen LogP) is 5.73. The van der Waals surface area contributed by atoms with Crippen LogP contribution >= 0.6 is 0 Å². The van der Waals surface area contributed by atoms with Crippen LogP contribution in [0.25, 0.3) is 48.8 Å². The predicted molar refractivity (Wildman–Crippen MR) is 174 cm³/mol. The molecule has 2 heterocycles. The van der Waals surface area contributed by atoms with E-state index < -0.39 is 0 Å². The lowest BCUT2D eigenvalue weighted by Gasteiger charge is -2.23. The number of carbonyl (C=O) groups is 1. The number of ether oxygens (including phenoxy) is 2. The van der Waals surface area contributed by atoms with E-state index in [0.29, 0.717) is 43.0 Å². The molecule has 0 saturated heterocycles. The molecule has 0 N–H and O–H groups in total. The molecule has 7 rings (SSSR count). The summed E-state index contributed by atoms with van der Waals surface area (Å²) in [4.78, 5) is 17.6. The van der Waals surface area contributed by atoms with Crippen LogP contribution in [0.4, 0.5) is 5.69 Å². The van der Waals surface area contributed by atoms with E-state index in [9.17, 15) is 10.2 Å². The Balaban J connectivity index is 1.48. The first-order chi connectivity index (χ1) is 21.6. The Morgan fingerprint density at radius 2 is 1.66 bits per heavy atom. The maximum atomic E-state index is 14.1. The number of rotatable bonds is 9. The SMILES string of the molecule is [C-]#[N+]C(=C=[N-])C1=C(/C=c2\c3cccc4cccc(c43)n2CCOC)C(=O)/C1=C\C1=[N+](CCOC)c2cccc3cccc1c23. The summed E-state index contributed by atoms with van der Waals surface area (Å²) in [5.41, 5.74) is 4.96. The first-order valence-electron chi connectivity index (χ1n) is 14.4. The topological polar surface area (TPSA) is 70.1 Å². The van der Waals surface area contributed by atoms with E-state index in [-0.39, 0.29) is 11.5 Å². The first kappa shape index (κ1) is 27.5. The van der Waals surface area contributed by atoms with E-state index in [1.54, 1.807) is 14.2 Å². The molecule has 0 unspecified atom stereocenters. The average Bonchev–Trinajstić information content (AvgIpc) is 3.53. The summed E-state index contributed by atoms with van der Waals surface area (Å²) in [6.07, 6.45) is 3.69. The van der Waals surface area contributed by atoms with Crippen LogP contribution in [0.1, 0.15) is 5.56 Å². The van der Waals surface area contributed by atoms with Crippen LogP contribution in [0.15, 0.2) is 101 Å². The highest BCUT2D eigenvalue weighted by Gasteiger charge is 2.38. The van der Waals surface area contributed by atoms with Crippen molar-refractivity contribution in [3.63, 3.8) is 0 Å². The van der Waals surface area contributed by atoms with Gasteiger partial charge in [-0.1, -0.05) is 54.6 Å². The van der Waals surface area contributed by atoms with Crippen LogP contribution in [-0.2, 0) is 20.8 Å². The van der Waals surface area contributed by atoms with Crippen molar-refractivity contribution in [1.82, 2.24) is 4.57 Å². The quantitative estimate of drug-likeness (QED) is 0.0974. The fourth-order valence-corrected chi connectivity index (χ4v) is 6.62. The zero-order valence-corrected chi connectivity index (χ0v) is 24.4. The first-order valence-corrected chi connectivity index (χ1v) is 14.4. The number of nitrogens with zero attached hydrogens (tertiary/aromatic N) is 4. The maximum absolute atomic E-state index is 14.1. The highest BCUT2D eigenvalue weighted by Crippen LogP contribution is 2.40. The molecule has 0 fully saturated rings. The number of benzene rings is 4. The van der Waals surface area contributed by atoms with Crippen molar-refractivity contribution in [2.45, 2.75) is 6.54 Å². The van der Waals surface area contributed by atoms with E-state index in [1.807, 2.05) is 48.6 Å². The average molecular weight is 577 g/mol. The van der Waals surface area contributed by atoms with Gasteiger partial charge in [0, 0.05) is 71.3 Å². The van der Waals surface area contributed by atoms with Crippen molar-refractivity contribution < 1.29 is 18.8 Å². The van der Waals surface area contributed by atoms with Gasteiger partial charge in [-0.3, -0.25) is 10.7 Å². The summed E-state index contributed by atoms with van der Waals surface area (Å²) >= 11 is 0. The van der Waals surface area contributed by atoms with Gasteiger partial charge in [-0.25, -0.2) is 4.85 Å². The molecule has 0 atom stereocenters. The van der Waals surface area contributed by atoms with Gasteiger partial charge in [-0.15, -0.1) is 0 Å². The minimum Gasteiger partial charge on any atom is -0.775 e. The Morgan fingerprint density at radius 3 is 2.39 bits per heavy atom. The van der Waals surface area contributed by atoms with E-state index in [2.05, 4.69) is 56.3 Å². The lowest BCUT2D eigenvalue weighted by Crippen LogP contribution is -2.28. The zero-order valence-electron chi connectivity index (χ0n) is 24.4. The van der Waals surface area contributed by atoms with Crippen LogP contribution < -0.4 is 5.35 Å². The van der Waals surface area contributed by atoms with Gasteiger partial charge in [0.05, 0.1) is 24.1 Å². The number of hydrogen-bond acceptors (Lipinski definition) is 3. The Kier molecular flexibility index (Phi) is 6.88. The van der Waals surface area contributed by atoms with Crippen LogP contribution in [-0.4, -0.2) is 60.5 Å². The lowest BCUT2D eigenvalue weighted by molar-refractivity contribution is -0.439. The zero-order chi connectivity index (χ0) is 30.4. The molecule has 0 amide bonds. The molecule has 0 saturated carbocycles. The van der Waals surface area contributed by atoms with Crippen LogP contribution in [0, 0.1) is 6.57 Å². The van der Waals surface area contributed by atoms with Crippen molar-refractivity contribution >= 4 is 61.6 Å². The molecule has 2 aliphatic rings. The smallest absolute Gasteiger partial charge is 0.214 e. The van der Waals surface area contributed by atoms with Gasteiger partial charge in [0.15, 0.2) is 12.3 Å². The second kappa shape index (κ2) is 11.0. The summed E-state index contributed by atoms with van der Waals surface area (Å²) in [6.45, 7) is 9.97. The third kappa shape index (κ3) is 4.09. The summed E-state index contributed by atoms with van der Waals surface area (Å²) in [5.74, 6) is 1.86. The molecule has 0 radical (unpaired) electrons. The maximum Gasteiger partial charge on any atom is 0.214 e. The molecular formula is C37H28N4O3. The Bertz CT molecular complexity index is 2280. The highest BCUT2D eigenvalue weighted by molar-refractivity contribution is 6.31. The molecule has 5 aromatic rings. The molecule has 4 aromatic carbocycles. The number of aromatic nitrogens is 1. The molecule has 0 bridgehead atoms. The third-order valence-corrected chi connectivity index (χ3v) is 8.56. The monoisotopic (exact) mass is 576 g/mol. The van der Waals surface area contributed by atoms with E-state index in [1.165, 1.54) is 0 Å². The van der Waals surface area contributed by atoms with Gasteiger partial charge >= 0.3 is 0 Å². The Morgan fingerprint density at radius 1 is 0.955 bits per heavy atom. The van der Waals surface area contributed by atoms with Crippen molar-refractivity contribution in [3.05, 3.63) is 129 Å². The number of allylic oxidation sites excluding steroid dienone is 3. The molecule has 1 aliphatic carbocycles. The van der Waals surface area contributed by atoms with E-state index >= 15 is 0 Å². The Hall–Kier alpha value is -5.38. The molecule has 0 spiro atoms. The van der Waals surface area contributed by atoms with Gasteiger partial charge < -0.3 is 19.5 Å². The number of hydrogen-bond donors (Lipinski definition) is 0. The second-order valence-electron chi connectivity index (χ2n) is 10.8. The number of carbonyl (C=O) groups excluding carboxylic acids is 1. The van der Waals surface area contributed by atoms with Gasteiger partial charge in [-0.2, -0.15) is 4.58 Å². The minimum atomic E-state index is -0.193. The van der Waals surface area contributed by atoms with Crippen molar-refractivity contribution in [2.75, 3.05) is 34.0 Å². The molecule has 7 heteroatoms. The largest absolute Gasteiger partial charge is 0.775 e. The Labute approximate surface area is 254 Å². The lowest BCUT2D eigenvalue weighted by atomic mass is 9.78. The van der Waals surface area contributed by atoms with E-state index in [0.717, 1.165) is 54.8 Å². The summed E-state index contributed by atoms with van der Waals surface area (Å²) < 4.78 is 15.2. The third-order valence-electron chi connectivity index (χ3n) is 8.56. The molecule has 7 nitrogen and oxygen atoms in total. The molecule has 214 valence electrons. The molecular weight excluding hydrogens is 548 g/mol. The van der Waals surface area contributed by atoms with Crippen molar-refractivity contribution in [2.24, 2.45) is 0 Å². The molecule has 1 aliphatic heterocycles. The molecule has 44 heavy (non-hydrogen) atoms. The summed E-state index contributed by atoms with van der Waals surface area (Å²) in [5, 5.41) is 16.3. The van der Waals surface area contributed by atoms with Gasteiger partial charge in [0.2, 0.25) is 17.1 Å². The van der Waals surface area contributed by atoms with Crippen LogP contribution in [0.5, 0.6) is 0 Å². The fraction of sp³-hybridized carbons (Fsp3) is 0.162. The number of methoxy groups -OCH3 is 2. The minimum absolute atomic E-state index is 0.0994. The van der Waals surface area contributed by atoms with Crippen LogP contribution in [0.3, 0.4) is 0 Å². The van der Waals surface area contributed by atoms with Gasteiger partial charge in [0.25, 0.3) is 0 Å². The van der Waals surface area contributed by atoms with Crippen molar-refractivity contribution in [3.8, 4) is 0 Å². The van der Waals surface area contributed by atoms with Crippen molar-refractivity contribution in [1.29, 1.82) is 0 Å². The van der Waals surface area contributed by atoms with Gasteiger partial charge in [-0.05, 0) is 29.0 Å². The van der Waals surface area contributed by atoms with Gasteiger partial charge in [0.1, 0.15) is 6.61 Å². The highest BCUT2D eigenvalue weighted by atomic mass is 16.5. The number of ketones is 1. The number of Topliss-reactive ketones (excluding diaryl/α,β-unsaturated/α-hetero) is 1. The standard InChI is InChI=1S/C37H28N4O3/c1-39-29(22-38)36-27(20-32-25-12-4-8-23-10-6-14-30(34(23)25)40(32)16-18-43-2)37(42)28(36)21-33-26-13-5-9-24-11-7-15-31(35(24)26)41(33)17-19-44-3/h4-15,20-21H,16-19H2,2-3H3. The summed E-state index contributed by atoms with van der Waals surface area (Å²) in [7, 11) is 3.33. The fourth-order valence-electron chi connectivity index (χ4n) is 6.62. The second-order valence-corrected chi connectivity index (χ2v) is 10.8. The van der Waals surface area contributed by atoms with E-state index in [4.69, 9.17) is 16.0 Å².